The molecule has 1 aliphatic rings. The average molecular weight is 230 g/mol. The highest BCUT2D eigenvalue weighted by Gasteiger charge is 2.23. The Labute approximate surface area is 96.4 Å². The van der Waals surface area contributed by atoms with Crippen molar-refractivity contribution in [2.24, 2.45) is 5.84 Å². The Kier molecular flexibility index (Phi) is 4.67. The summed E-state index contributed by atoms with van der Waals surface area (Å²) in [6.45, 7) is 8.07. The lowest BCUT2D eigenvalue weighted by Crippen LogP contribution is -2.52. The molecular weight excluding hydrogens is 208 g/mol. The number of piperazine rings is 1. The summed E-state index contributed by atoms with van der Waals surface area (Å²) < 4.78 is 0. The van der Waals surface area contributed by atoms with Gasteiger partial charge in [-0.05, 0) is 13.8 Å². The Morgan fingerprint density at radius 1 is 1.31 bits per heavy atom. The normalized spacial score (nSPS) is 19.8. The van der Waals surface area contributed by atoms with E-state index in [-0.39, 0.29) is 5.91 Å². The van der Waals surface area contributed by atoms with E-state index in [1.54, 1.807) is 13.8 Å². The maximum absolute atomic E-state index is 11.1. The highest BCUT2D eigenvalue weighted by molar-refractivity contribution is 5.77. The molecule has 1 heterocycles. The molecular formula is C10H22N4O2. The van der Waals surface area contributed by atoms with Gasteiger partial charge in [0.2, 0.25) is 5.91 Å². The predicted octanol–water partition coefficient (Wildman–Crippen LogP) is -1.64. The lowest BCUT2D eigenvalue weighted by atomic mass is 10.1. The molecule has 0 spiro atoms. The first-order valence-corrected chi connectivity index (χ1v) is 5.57. The zero-order valence-electron chi connectivity index (χ0n) is 10.1. The van der Waals surface area contributed by atoms with Crippen LogP contribution in [-0.4, -0.2) is 65.7 Å². The molecule has 1 saturated heterocycles. The van der Waals surface area contributed by atoms with Crippen molar-refractivity contribution < 1.29 is 9.90 Å². The second-order valence-corrected chi connectivity index (χ2v) is 4.93. The van der Waals surface area contributed by atoms with Gasteiger partial charge in [-0.2, -0.15) is 0 Å². The van der Waals surface area contributed by atoms with E-state index >= 15 is 0 Å². The maximum atomic E-state index is 11.1. The van der Waals surface area contributed by atoms with Gasteiger partial charge >= 0.3 is 0 Å². The van der Waals surface area contributed by atoms with Crippen LogP contribution in [0.3, 0.4) is 0 Å². The summed E-state index contributed by atoms with van der Waals surface area (Å²) in [6.07, 6.45) is 0. The number of nitrogens with one attached hydrogen (secondary N) is 1. The summed E-state index contributed by atoms with van der Waals surface area (Å²) >= 11 is 0. The Hall–Kier alpha value is -0.690. The molecule has 0 bridgehead atoms. The van der Waals surface area contributed by atoms with Crippen LogP contribution in [0.25, 0.3) is 0 Å². The molecule has 1 rings (SSSR count). The Bertz CT molecular complexity index is 231. The van der Waals surface area contributed by atoms with Gasteiger partial charge < -0.3 is 5.11 Å². The van der Waals surface area contributed by atoms with Crippen LogP contribution in [0, 0.1) is 0 Å². The molecule has 94 valence electrons. The molecule has 1 aliphatic heterocycles. The fraction of sp³-hybridized carbons (Fsp3) is 0.900. The number of nitrogens with two attached hydrogens (primary N) is 1. The molecule has 0 aromatic heterocycles. The second kappa shape index (κ2) is 5.58. The van der Waals surface area contributed by atoms with Gasteiger partial charge in [0.15, 0.2) is 0 Å². The van der Waals surface area contributed by atoms with E-state index in [0.717, 1.165) is 26.2 Å². The van der Waals surface area contributed by atoms with Crippen molar-refractivity contribution in [3.63, 3.8) is 0 Å². The Balaban J connectivity index is 2.26. The molecule has 0 atom stereocenters. The van der Waals surface area contributed by atoms with Crippen molar-refractivity contribution in [1.82, 2.24) is 15.2 Å². The van der Waals surface area contributed by atoms with Gasteiger partial charge in [0.1, 0.15) is 0 Å². The van der Waals surface area contributed by atoms with E-state index in [9.17, 15) is 9.90 Å². The number of hydrogen-bond acceptors (Lipinski definition) is 5. The zero-order valence-corrected chi connectivity index (χ0v) is 10.1. The first-order valence-electron chi connectivity index (χ1n) is 5.57. The summed E-state index contributed by atoms with van der Waals surface area (Å²) in [7, 11) is 0. The van der Waals surface area contributed by atoms with Crippen molar-refractivity contribution in [3.05, 3.63) is 0 Å². The van der Waals surface area contributed by atoms with Crippen LogP contribution in [-0.2, 0) is 4.79 Å². The molecule has 1 amide bonds. The van der Waals surface area contributed by atoms with Gasteiger partial charge in [0.25, 0.3) is 0 Å². The van der Waals surface area contributed by atoms with Crippen LogP contribution in [0.2, 0.25) is 0 Å². The molecule has 0 aliphatic carbocycles. The van der Waals surface area contributed by atoms with Crippen molar-refractivity contribution >= 4 is 5.91 Å². The number of rotatable bonds is 4. The van der Waals surface area contributed by atoms with Gasteiger partial charge in [0, 0.05) is 32.7 Å². The van der Waals surface area contributed by atoms with E-state index in [0.29, 0.717) is 13.1 Å². The predicted molar refractivity (Wildman–Crippen MR) is 61.5 cm³/mol. The number of nitrogens with zero attached hydrogens (tertiary/aromatic N) is 2. The van der Waals surface area contributed by atoms with Gasteiger partial charge in [-0.15, -0.1) is 0 Å². The number of aliphatic hydroxyl groups is 1. The molecule has 16 heavy (non-hydrogen) atoms. The minimum atomic E-state index is -0.656. The minimum Gasteiger partial charge on any atom is -0.389 e. The molecule has 6 heteroatoms. The molecule has 0 saturated carbocycles. The van der Waals surface area contributed by atoms with E-state index in [2.05, 4.69) is 15.2 Å². The molecule has 0 radical (unpaired) electrons. The van der Waals surface area contributed by atoms with Crippen molar-refractivity contribution in [2.45, 2.75) is 19.4 Å². The average Bonchev–Trinajstić information content (AvgIpc) is 2.18. The van der Waals surface area contributed by atoms with Gasteiger partial charge in [-0.25, -0.2) is 5.84 Å². The van der Waals surface area contributed by atoms with E-state index in [1.165, 1.54) is 0 Å². The van der Waals surface area contributed by atoms with Crippen molar-refractivity contribution in [2.75, 3.05) is 39.3 Å². The fourth-order valence-electron chi connectivity index (χ4n) is 1.90. The van der Waals surface area contributed by atoms with Crippen LogP contribution in [0.15, 0.2) is 0 Å². The summed E-state index contributed by atoms with van der Waals surface area (Å²) in [5.74, 6) is 4.87. The molecule has 0 aromatic carbocycles. The number of amides is 1. The van der Waals surface area contributed by atoms with Crippen molar-refractivity contribution in [1.29, 1.82) is 0 Å². The standard InChI is InChI=1S/C10H22N4O2/c1-10(2,16)8-14-5-3-13(4-6-14)7-9(15)12-11/h16H,3-8,11H2,1-2H3,(H,12,15). The highest BCUT2D eigenvalue weighted by Crippen LogP contribution is 2.08. The van der Waals surface area contributed by atoms with Crippen LogP contribution in [0.4, 0.5) is 0 Å². The number of hydrazine groups is 1. The molecule has 0 unspecified atom stereocenters. The lowest BCUT2D eigenvalue weighted by Gasteiger charge is -2.36. The first-order chi connectivity index (χ1) is 7.40. The van der Waals surface area contributed by atoms with Crippen LogP contribution in [0.1, 0.15) is 13.8 Å². The molecule has 4 N–H and O–H groups in total. The topological polar surface area (TPSA) is 81.8 Å². The smallest absolute Gasteiger partial charge is 0.248 e. The summed E-state index contributed by atoms with van der Waals surface area (Å²) in [6, 6.07) is 0. The van der Waals surface area contributed by atoms with E-state index in [1.807, 2.05) is 0 Å². The van der Waals surface area contributed by atoms with Crippen molar-refractivity contribution in [3.8, 4) is 0 Å². The van der Waals surface area contributed by atoms with E-state index < -0.39 is 5.60 Å². The maximum Gasteiger partial charge on any atom is 0.248 e. The summed E-state index contributed by atoms with van der Waals surface area (Å²) in [5.41, 5.74) is 1.47. The number of carbonyl (C=O) groups excluding carboxylic acids is 1. The fourth-order valence-corrected chi connectivity index (χ4v) is 1.90. The third-order valence-corrected chi connectivity index (χ3v) is 2.60. The second-order valence-electron chi connectivity index (χ2n) is 4.93. The Morgan fingerprint density at radius 3 is 2.25 bits per heavy atom. The number of hydrogen-bond donors (Lipinski definition) is 3. The third-order valence-electron chi connectivity index (χ3n) is 2.60. The minimum absolute atomic E-state index is 0.157. The summed E-state index contributed by atoms with van der Waals surface area (Å²) in [5, 5.41) is 9.68. The zero-order chi connectivity index (χ0) is 12.2. The van der Waals surface area contributed by atoms with Gasteiger partial charge in [0.05, 0.1) is 12.1 Å². The molecule has 6 nitrogen and oxygen atoms in total. The largest absolute Gasteiger partial charge is 0.389 e. The van der Waals surface area contributed by atoms with Crippen LogP contribution < -0.4 is 11.3 Å². The van der Waals surface area contributed by atoms with Gasteiger partial charge in [-0.3, -0.25) is 20.0 Å². The Morgan fingerprint density at radius 2 is 1.81 bits per heavy atom. The quantitative estimate of drug-likeness (QED) is 0.307. The van der Waals surface area contributed by atoms with E-state index in [4.69, 9.17) is 5.84 Å². The van der Waals surface area contributed by atoms with Gasteiger partial charge in [-0.1, -0.05) is 0 Å². The lowest BCUT2D eigenvalue weighted by molar-refractivity contribution is -0.122. The molecule has 1 fully saturated rings. The number of β-amino-alcohol motifs (C(OH)–C–C–N with tert-alkyl or cyclic N) is 1. The third kappa shape index (κ3) is 4.89. The highest BCUT2D eigenvalue weighted by atomic mass is 16.3. The SMILES string of the molecule is CC(C)(O)CN1CCN(CC(=O)NN)CC1. The monoisotopic (exact) mass is 230 g/mol. The first kappa shape index (κ1) is 13.4. The van der Waals surface area contributed by atoms with Crippen LogP contribution in [0.5, 0.6) is 0 Å². The number of carbonyl (C=O) groups is 1. The summed E-state index contributed by atoms with van der Waals surface area (Å²) in [4.78, 5) is 15.3. The molecule has 0 aromatic rings. The van der Waals surface area contributed by atoms with Crippen LogP contribution >= 0.6 is 0 Å².